The van der Waals surface area contributed by atoms with Crippen molar-refractivity contribution < 1.29 is 9.21 Å². The number of amides is 1. The van der Waals surface area contributed by atoms with Crippen LogP contribution in [0.5, 0.6) is 0 Å². The fraction of sp³-hybridized carbons (Fsp3) is 0.0625. The number of nitriles is 1. The second-order valence-electron chi connectivity index (χ2n) is 4.65. The van der Waals surface area contributed by atoms with Crippen molar-refractivity contribution in [2.24, 2.45) is 0 Å². The summed E-state index contributed by atoms with van der Waals surface area (Å²) in [6, 6.07) is 12.5. The van der Waals surface area contributed by atoms with Gasteiger partial charge in [-0.05, 0) is 37.3 Å². The fourth-order valence-corrected chi connectivity index (χ4v) is 1.99. The molecule has 0 aliphatic heterocycles. The van der Waals surface area contributed by atoms with Crippen molar-refractivity contribution in [3.8, 4) is 6.07 Å². The zero-order valence-electron chi connectivity index (χ0n) is 11.3. The van der Waals surface area contributed by atoms with Crippen LogP contribution < -0.4 is 5.32 Å². The Labute approximate surface area is 120 Å². The number of carbonyl (C=O) groups is 1. The fourth-order valence-electron chi connectivity index (χ4n) is 1.99. The molecule has 1 N–H and O–H groups in total. The molecule has 2 aromatic heterocycles. The number of aromatic nitrogens is 1. The third-order valence-electron chi connectivity index (χ3n) is 3.03. The summed E-state index contributed by atoms with van der Waals surface area (Å²) < 4.78 is 5.51. The zero-order chi connectivity index (χ0) is 14.8. The number of anilines is 1. The van der Waals surface area contributed by atoms with Gasteiger partial charge in [0.15, 0.2) is 5.76 Å². The third kappa shape index (κ3) is 2.60. The Kier molecular flexibility index (Phi) is 3.13. The normalized spacial score (nSPS) is 10.3. The molecule has 2 heterocycles. The van der Waals surface area contributed by atoms with Crippen LogP contribution in [0, 0.1) is 18.3 Å². The number of pyridine rings is 1. The molecule has 0 radical (unpaired) electrons. The number of hydrogen-bond acceptors (Lipinski definition) is 4. The molecule has 1 aromatic carbocycles. The summed E-state index contributed by atoms with van der Waals surface area (Å²) in [6.07, 6.45) is 1.40. The SMILES string of the molecule is Cc1ccc2oc(C(=O)Nc3ccc(C#N)cn3)cc2c1. The Bertz CT molecular complexity index is 857. The first-order chi connectivity index (χ1) is 10.2. The number of furan rings is 1. The van der Waals surface area contributed by atoms with Crippen LogP contribution in [0.3, 0.4) is 0 Å². The van der Waals surface area contributed by atoms with Gasteiger partial charge in [0.05, 0.1) is 5.56 Å². The summed E-state index contributed by atoms with van der Waals surface area (Å²) in [4.78, 5) is 16.1. The Morgan fingerprint density at radius 1 is 1.29 bits per heavy atom. The van der Waals surface area contributed by atoms with Crippen LogP contribution in [0.1, 0.15) is 21.7 Å². The van der Waals surface area contributed by atoms with E-state index in [4.69, 9.17) is 9.68 Å². The largest absolute Gasteiger partial charge is 0.451 e. The van der Waals surface area contributed by atoms with Gasteiger partial charge in [-0.15, -0.1) is 0 Å². The van der Waals surface area contributed by atoms with E-state index in [9.17, 15) is 4.79 Å². The maximum atomic E-state index is 12.1. The van der Waals surface area contributed by atoms with E-state index < -0.39 is 0 Å². The Morgan fingerprint density at radius 3 is 2.86 bits per heavy atom. The van der Waals surface area contributed by atoms with E-state index >= 15 is 0 Å². The lowest BCUT2D eigenvalue weighted by Gasteiger charge is -2.01. The van der Waals surface area contributed by atoms with Crippen LogP contribution in [0.4, 0.5) is 5.82 Å². The lowest BCUT2D eigenvalue weighted by atomic mass is 10.2. The molecule has 21 heavy (non-hydrogen) atoms. The summed E-state index contributed by atoms with van der Waals surface area (Å²) in [5.41, 5.74) is 2.20. The number of nitrogens with zero attached hydrogens (tertiary/aromatic N) is 2. The molecule has 0 bridgehead atoms. The number of aryl methyl sites for hydroxylation is 1. The minimum absolute atomic E-state index is 0.224. The van der Waals surface area contributed by atoms with Crippen molar-refractivity contribution in [1.82, 2.24) is 4.98 Å². The Morgan fingerprint density at radius 2 is 2.14 bits per heavy atom. The number of fused-ring (bicyclic) bond motifs is 1. The van der Waals surface area contributed by atoms with Gasteiger partial charge in [0, 0.05) is 11.6 Å². The van der Waals surface area contributed by atoms with Crippen LogP contribution in [0.15, 0.2) is 47.0 Å². The smallest absolute Gasteiger partial charge is 0.292 e. The molecular weight excluding hydrogens is 266 g/mol. The summed E-state index contributed by atoms with van der Waals surface area (Å²) in [7, 11) is 0. The molecule has 0 aliphatic rings. The number of hydrogen-bond donors (Lipinski definition) is 1. The van der Waals surface area contributed by atoms with Gasteiger partial charge in [-0.3, -0.25) is 4.79 Å². The maximum Gasteiger partial charge on any atom is 0.292 e. The van der Waals surface area contributed by atoms with Crippen LogP contribution in [-0.2, 0) is 0 Å². The van der Waals surface area contributed by atoms with Gasteiger partial charge in [0.25, 0.3) is 5.91 Å². The molecule has 0 saturated heterocycles. The summed E-state index contributed by atoms with van der Waals surface area (Å²) in [6.45, 7) is 1.98. The van der Waals surface area contributed by atoms with E-state index in [1.54, 1.807) is 18.2 Å². The van der Waals surface area contributed by atoms with Crippen LogP contribution in [0.2, 0.25) is 0 Å². The molecule has 1 amide bonds. The average Bonchev–Trinajstić information content (AvgIpc) is 2.91. The zero-order valence-corrected chi connectivity index (χ0v) is 11.3. The van der Waals surface area contributed by atoms with E-state index in [0.29, 0.717) is 17.0 Å². The van der Waals surface area contributed by atoms with Gasteiger partial charge in [0.1, 0.15) is 17.5 Å². The van der Waals surface area contributed by atoms with Crippen molar-refractivity contribution in [3.05, 3.63) is 59.5 Å². The predicted octanol–water partition coefficient (Wildman–Crippen LogP) is 3.26. The van der Waals surface area contributed by atoms with Crippen molar-refractivity contribution in [2.45, 2.75) is 6.92 Å². The molecule has 0 saturated carbocycles. The maximum absolute atomic E-state index is 12.1. The highest BCUT2D eigenvalue weighted by Gasteiger charge is 2.13. The van der Waals surface area contributed by atoms with Gasteiger partial charge in [-0.2, -0.15) is 5.26 Å². The number of nitrogens with one attached hydrogen (secondary N) is 1. The van der Waals surface area contributed by atoms with Crippen LogP contribution in [0.25, 0.3) is 11.0 Å². The standard InChI is InChI=1S/C16H11N3O2/c1-10-2-4-13-12(6-10)7-14(21-13)16(20)19-15-5-3-11(8-17)9-18-15/h2-7,9H,1H3,(H,18,19,20). The van der Waals surface area contributed by atoms with Crippen molar-refractivity contribution in [1.29, 1.82) is 5.26 Å². The number of rotatable bonds is 2. The molecule has 0 aliphatic carbocycles. The average molecular weight is 277 g/mol. The number of benzene rings is 1. The van der Waals surface area contributed by atoms with E-state index in [0.717, 1.165) is 10.9 Å². The first kappa shape index (κ1) is 12.9. The predicted molar refractivity (Wildman–Crippen MR) is 77.9 cm³/mol. The molecule has 5 nitrogen and oxygen atoms in total. The quantitative estimate of drug-likeness (QED) is 0.779. The molecule has 5 heteroatoms. The first-order valence-corrected chi connectivity index (χ1v) is 6.33. The van der Waals surface area contributed by atoms with E-state index in [-0.39, 0.29) is 11.7 Å². The third-order valence-corrected chi connectivity index (χ3v) is 3.03. The highest BCUT2D eigenvalue weighted by atomic mass is 16.3. The van der Waals surface area contributed by atoms with Gasteiger partial charge in [-0.25, -0.2) is 4.98 Å². The summed E-state index contributed by atoms with van der Waals surface area (Å²) >= 11 is 0. The van der Waals surface area contributed by atoms with E-state index in [2.05, 4.69) is 10.3 Å². The molecule has 0 unspecified atom stereocenters. The van der Waals surface area contributed by atoms with Crippen molar-refractivity contribution in [2.75, 3.05) is 5.32 Å². The van der Waals surface area contributed by atoms with E-state index in [1.165, 1.54) is 6.20 Å². The van der Waals surface area contributed by atoms with Gasteiger partial charge < -0.3 is 9.73 Å². The number of carbonyl (C=O) groups excluding carboxylic acids is 1. The molecular formula is C16H11N3O2. The highest BCUT2D eigenvalue weighted by Crippen LogP contribution is 2.21. The molecule has 0 spiro atoms. The van der Waals surface area contributed by atoms with Gasteiger partial charge in [0.2, 0.25) is 0 Å². The lowest BCUT2D eigenvalue weighted by Crippen LogP contribution is -2.11. The Hall–Kier alpha value is -3.13. The minimum atomic E-state index is -0.374. The first-order valence-electron chi connectivity index (χ1n) is 6.33. The van der Waals surface area contributed by atoms with E-state index in [1.807, 2.05) is 31.2 Å². The van der Waals surface area contributed by atoms with Crippen LogP contribution in [-0.4, -0.2) is 10.9 Å². The lowest BCUT2D eigenvalue weighted by molar-refractivity contribution is 0.0998. The minimum Gasteiger partial charge on any atom is -0.451 e. The second-order valence-corrected chi connectivity index (χ2v) is 4.65. The molecule has 0 fully saturated rings. The Balaban J connectivity index is 1.84. The highest BCUT2D eigenvalue weighted by molar-refractivity contribution is 6.04. The van der Waals surface area contributed by atoms with Crippen molar-refractivity contribution >= 4 is 22.7 Å². The molecule has 102 valence electrons. The molecule has 3 aromatic rings. The monoisotopic (exact) mass is 277 g/mol. The molecule has 0 atom stereocenters. The van der Waals surface area contributed by atoms with Gasteiger partial charge >= 0.3 is 0 Å². The summed E-state index contributed by atoms with van der Waals surface area (Å²) in [5.74, 6) is 0.221. The molecule has 3 rings (SSSR count). The summed E-state index contributed by atoms with van der Waals surface area (Å²) in [5, 5.41) is 12.2. The van der Waals surface area contributed by atoms with Gasteiger partial charge in [-0.1, -0.05) is 11.6 Å². The van der Waals surface area contributed by atoms with Crippen molar-refractivity contribution in [3.63, 3.8) is 0 Å². The topological polar surface area (TPSA) is 78.9 Å². The van der Waals surface area contributed by atoms with Crippen LogP contribution >= 0.6 is 0 Å². The second kappa shape index (κ2) is 5.10.